The molecule has 1 unspecified atom stereocenters. The number of nitro groups is 1. The molecule has 10 heteroatoms. The molecule has 1 aliphatic heterocycles. The van der Waals surface area contributed by atoms with Crippen LogP contribution in [0.5, 0.6) is 0 Å². The van der Waals surface area contributed by atoms with Gasteiger partial charge in [0.2, 0.25) is 10.0 Å². The fraction of sp³-hybridized carbons (Fsp3) is 0.571. The minimum absolute atomic E-state index is 0.117. The van der Waals surface area contributed by atoms with Crippen LogP contribution in [0.25, 0.3) is 0 Å². The molecule has 1 aromatic carbocycles. The van der Waals surface area contributed by atoms with Crippen LogP contribution in [0.4, 0.5) is 5.69 Å². The van der Waals surface area contributed by atoms with Gasteiger partial charge in [-0.3, -0.25) is 10.1 Å². The maximum atomic E-state index is 12.9. The number of sulfonamides is 1. The zero-order valence-corrected chi connectivity index (χ0v) is 15.1. The van der Waals surface area contributed by atoms with Gasteiger partial charge in [0.25, 0.3) is 5.69 Å². The molecule has 0 bridgehead atoms. The lowest BCUT2D eigenvalue weighted by molar-refractivity contribution is -0.385. The molecule has 24 heavy (non-hydrogen) atoms. The molecule has 0 radical (unpaired) electrons. The molecule has 0 aliphatic carbocycles. The molecule has 0 saturated carbocycles. The molecule has 2 atom stereocenters. The number of rotatable bonds is 6. The second-order valence-corrected chi connectivity index (χ2v) is 10.1. The van der Waals surface area contributed by atoms with Crippen LogP contribution in [-0.2, 0) is 19.9 Å². The van der Waals surface area contributed by atoms with E-state index in [9.17, 15) is 26.9 Å². The van der Waals surface area contributed by atoms with Crippen LogP contribution in [-0.4, -0.2) is 50.7 Å². The zero-order valence-electron chi connectivity index (χ0n) is 13.5. The number of hydrogen-bond acceptors (Lipinski definition) is 6. The van der Waals surface area contributed by atoms with Gasteiger partial charge < -0.3 is 0 Å². The van der Waals surface area contributed by atoms with E-state index < -0.39 is 30.0 Å². The summed E-state index contributed by atoms with van der Waals surface area (Å²) < 4.78 is 50.6. The van der Waals surface area contributed by atoms with Gasteiger partial charge in [0, 0.05) is 25.2 Å². The Morgan fingerprint density at radius 1 is 1.25 bits per heavy atom. The third-order valence-corrected chi connectivity index (χ3v) is 7.71. The average Bonchev–Trinajstić information content (AvgIpc) is 2.92. The van der Waals surface area contributed by atoms with Crippen LogP contribution in [0.2, 0.25) is 0 Å². The van der Waals surface area contributed by atoms with Gasteiger partial charge >= 0.3 is 0 Å². The number of sulfone groups is 1. The molecule has 1 saturated heterocycles. The van der Waals surface area contributed by atoms with Crippen molar-refractivity contribution in [2.45, 2.75) is 29.9 Å². The highest BCUT2D eigenvalue weighted by Gasteiger charge is 2.44. The fourth-order valence-corrected chi connectivity index (χ4v) is 6.02. The monoisotopic (exact) mass is 376 g/mol. The van der Waals surface area contributed by atoms with Gasteiger partial charge in [-0.2, -0.15) is 0 Å². The van der Waals surface area contributed by atoms with E-state index in [0.717, 1.165) is 18.7 Å². The van der Waals surface area contributed by atoms with Gasteiger partial charge in [-0.25, -0.2) is 21.1 Å². The Morgan fingerprint density at radius 2 is 1.92 bits per heavy atom. The average molecular weight is 376 g/mol. The van der Waals surface area contributed by atoms with Crippen molar-refractivity contribution in [2.75, 3.05) is 19.3 Å². The third-order valence-electron chi connectivity index (χ3n) is 4.23. The lowest BCUT2D eigenvalue weighted by Gasteiger charge is -2.18. The molecule has 2 rings (SSSR count). The van der Waals surface area contributed by atoms with Crippen LogP contribution < -0.4 is 0 Å². The molecule has 1 heterocycles. The van der Waals surface area contributed by atoms with Crippen molar-refractivity contribution in [3.05, 3.63) is 34.4 Å². The van der Waals surface area contributed by atoms with Gasteiger partial charge in [0.05, 0.1) is 21.3 Å². The molecular weight excluding hydrogens is 356 g/mol. The highest BCUT2D eigenvalue weighted by atomic mass is 32.2. The first kappa shape index (κ1) is 18.8. The predicted octanol–water partition coefficient (Wildman–Crippen LogP) is 1.43. The topological polar surface area (TPSA) is 115 Å². The highest BCUT2D eigenvalue weighted by molar-refractivity contribution is 7.92. The van der Waals surface area contributed by atoms with Crippen LogP contribution in [0.1, 0.15) is 19.8 Å². The molecule has 8 nitrogen and oxygen atoms in total. The summed E-state index contributed by atoms with van der Waals surface area (Å²) in [6.07, 6.45) is 2.35. The molecule has 1 aromatic rings. The van der Waals surface area contributed by atoms with E-state index in [1.807, 2.05) is 6.92 Å². The molecule has 1 fully saturated rings. The van der Waals surface area contributed by atoms with Crippen molar-refractivity contribution in [3.8, 4) is 0 Å². The molecule has 0 aromatic heterocycles. The van der Waals surface area contributed by atoms with Gasteiger partial charge in [0.15, 0.2) is 9.84 Å². The number of nitro benzene ring substituents is 1. The first-order valence-corrected chi connectivity index (χ1v) is 10.9. The summed E-state index contributed by atoms with van der Waals surface area (Å²) in [6.45, 7) is 1.94. The maximum Gasteiger partial charge on any atom is 0.270 e. The highest BCUT2D eigenvalue weighted by Crippen LogP contribution is 2.33. The first-order chi connectivity index (χ1) is 11.1. The lowest BCUT2D eigenvalue weighted by atomic mass is 10.0. The zero-order chi connectivity index (χ0) is 18.1. The quantitative estimate of drug-likeness (QED) is 0.548. The first-order valence-electron chi connectivity index (χ1n) is 7.51. The molecule has 134 valence electrons. The van der Waals surface area contributed by atoms with Crippen molar-refractivity contribution in [1.29, 1.82) is 0 Å². The van der Waals surface area contributed by atoms with E-state index >= 15 is 0 Å². The van der Waals surface area contributed by atoms with Gasteiger partial charge in [-0.1, -0.05) is 19.4 Å². The molecular formula is C14H20N2O6S2. The Balaban J connectivity index is 2.42. The Hall–Kier alpha value is -1.52. The molecule has 0 N–H and O–H groups in total. The molecule has 0 spiro atoms. The Labute approximate surface area is 141 Å². The van der Waals surface area contributed by atoms with Crippen molar-refractivity contribution in [3.63, 3.8) is 0 Å². The molecule has 0 amide bonds. The summed E-state index contributed by atoms with van der Waals surface area (Å²) in [5.74, 6) is -0.325. The summed E-state index contributed by atoms with van der Waals surface area (Å²) >= 11 is 0. The van der Waals surface area contributed by atoms with Crippen molar-refractivity contribution >= 4 is 25.5 Å². The fourth-order valence-electron chi connectivity index (χ4n) is 3.02. The number of hydrogen-bond donors (Lipinski definition) is 0. The van der Waals surface area contributed by atoms with Crippen molar-refractivity contribution in [1.82, 2.24) is 4.31 Å². The van der Waals surface area contributed by atoms with Crippen LogP contribution in [0.3, 0.4) is 0 Å². The third kappa shape index (κ3) is 3.76. The summed E-state index contributed by atoms with van der Waals surface area (Å²) in [5.41, 5.74) is -0.305. The van der Waals surface area contributed by atoms with E-state index in [4.69, 9.17) is 0 Å². The predicted molar refractivity (Wildman–Crippen MR) is 88.9 cm³/mol. The van der Waals surface area contributed by atoms with Crippen molar-refractivity contribution in [2.24, 2.45) is 5.92 Å². The maximum absolute atomic E-state index is 12.9. The smallest absolute Gasteiger partial charge is 0.258 e. The standard InChI is InChI=1S/C14H20N2O6S2/c1-3-5-11-9-15(23(2,19)20)10-14(11)24(21,22)13-7-4-6-12(8-13)16(17)18/h4,6-8,11,14H,3,5,9-10H2,1-2H3/t11-,14?/m1/s1. The Morgan fingerprint density at radius 3 is 2.46 bits per heavy atom. The van der Waals surface area contributed by atoms with Gasteiger partial charge in [0.1, 0.15) is 0 Å². The molecule has 1 aliphatic rings. The largest absolute Gasteiger partial charge is 0.270 e. The number of benzene rings is 1. The van der Waals surface area contributed by atoms with E-state index in [-0.39, 0.29) is 29.6 Å². The lowest BCUT2D eigenvalue weighted by Crippen LogP contribution is -2.32. The van der Waals surface area contributed by atoms with Crippen LogP contribution in [0.15, 0.2) is 29.2 Å². The second-order valence-electron chi connectivity index (χ2n) is 5.97. The summed E-state index contributed by atoms with van der Waals surface area (Å²) in [4.78, 5) is 10.1. The Kier molecular flexibility index (Phi) is 5.31. The number of non-ortho nitro benzene ring substituents is 1. The minimum Gasteiger partial charge on any atom is -0.258 e. The summed E-state index contributed by atoms with van der Waals surface area (Å²) in [5, 5.41) is 9.98. The Bertz CT molecular complexity index is 835. The summed E-state index contributed by atoms with van der Waals surface area (Å²) in [6, 6.07) is 4.89. The van der Waals surface area contributed by atoms with E-state index in [1.165, 1.54) is 22.5 Å². The van der Waals surface area contributed by atoms with Crippen LogP contribution in [0, 0.1) is 16.0 Å². The minimum atomic E-state index is -3.87. The number of nitrogens with zero attached hydrogens (tertiary/aromatic N) is 2. The van der Waals surface area contributed by atoms with Gasteiger partial charge in [-0.15, -0.1) is 0 Å². The van der Waals surface area contributed by atoms with Gasteiger partial charge in [-0.05, 0) is 18.4 Å². The van der Waals surface area contributed by atoms with Crippen molar-refractivity contribution < 1.29 is 21.8 Å². The van der Waals surface area contributed by atoms with E-state index in [2.05, 4.69) is 0 Å². The SMILES string of the molecule is CCC[C@@H]1CN(S(C)(=O)=O)CC1S(=O)(=O)c1cccc([N+](=O)[O-])c1. The van der Waals surface area contributed by atoms with E-state index in [1.54, 1.807) is 0 Å². The van der Waals surface area contributed by atoms with Crippen LogP contribution >= 0.6 is 0 Å². The summed E-state index contributed by atoms with van der Waals surface area (Å²) in [7, 11) is -7.36. The second kappa shape index (κ2) is 6.77. The normalized spacial score (nSPS) is 22.6. The van der Waals surface area contributed by atoms with E-state index in [0.29, 0.717) is 6.42 Å².